The lowest BCUT2D eigenvalue weighted by molar-refractivity contribution is -0.139. The van der Waals surface area contributed by atoms with Crippen LogP contribution in [-0.4, -0.2) is 65.9 Å². The summed E-state index contributed by atoms with van der Waals surface area (Å²) >= 11 is 0. The predicted molar refractivity (Wildman–Crippen MR) is 96.7 cm³/mol. The molecule has 0 aromatic heterocycles. The number of carbonyl (C=O) groups is 3. The van der Waals surface area contributed by atoms with Crippen LogP contribution < -0.4 is 10.2 Å². The van der Waals surface area contributed by atoms with Gasteiger partial charge in [0.1, 0.15) is 12.1 Å². The third-order valence-electron chi connectivity index (χ3n) is 5.75. The standard InChI is InChI=1S/C19H24N4O3/c24-16(14-23-17(25)19(20-18(23)26)8-4-5-9-19)22-12-10-21(11-13-22)15-6-2-1-3-7-15/h1-3,6-7H,4-5,8-14H2,(H,20,26). The highest BCUT2D eigenvalue weighted by molar-refractivity contribution is 6.09. The number of piperazine rings is 1. The van der Waals surface area contributed by atoms with Crippen LogP contribution in [0.2, 0.25) is 0 Å². The maximum absolute atomic E-state index is 12.7. The lowest BCUT2D eigenvalue weighted by atomic mass is 9.98. The number of imide groups is 1. The fraction of sp³-hybridized carbons (Fsp3) is 0.526. The van der Waals surface area contributed by atoms with E-state index in [9.17, 15) is 14.4 Å². The summed E-state index contributed by atoms with van der Waals surface area (Å²) in [6.45, 7) is 2.54. The van der Waals surface area contributed by atoms with Crippen molar-refractivity contribution < 1.29 is 14.4 Å². The maximum atomic E-state index is 12.7. The molecule has 0 bridgehead atoms. The number of amides is 4. The Hall–Kier alpha value is -2.57. The van der Waals surface area contributed by atoms with Crippen molar-refractivity contribution in [1.29, 1.82) is 0 Å². The summed E-state index contributed by atoms with van der Waals surface area (Å²) in [5, 5.41) is 2.82. The molecule has 3 aliphatic rings. The van der Waals surface area contributed by atoms with Gasteiger partial charge in [0.15, 0.2) is 0 Å². The van der Waals surface area contributed by atoms with Crippen molar-refractivity contribution >= 4 is 23.5 Å². The van der Waals surface area contributed by atoms with E-state index >= 15 is 0 Å². The molecule has 7 nitrogen and oxygen atoms in total. The Kier molecular flexibility index (Phi) is 4.30. The molecule has 2 aliphatic heterocycles. The molecule has 1 spiro atoms. The van der Waals surface area contributed by atoms with Gasteiger partial charge in [0.25, 0.3) is 5.91 Å². The summed E-state index contributed by atoms with van der Waals surface area (Å²) < 4.78 is 0. The average molecular weight is 356 g/mol. The van der Waals surface area contributed by atoms with Crippen molar-refractivity contribution in [3.63, 3.8) is 0 Å². The molecule has 0 unspecified atom stereocenters. The number of carbonyl (C=O) groups excluding carboxylic acids is 3. The first-order valence-electron chi connectivity index (χ1n) is 9.31. The van der Waals surface area contributed by atoms with E-state index in [-0.39, 0.29) is 18.4 Å². The van der Waals surface area contributed by atoms with E-state index in [2.05, 4.69) is 22.3 Å². The Labute approximate surface area is 152 Å². The number of hydrogen-bond acceptors (Lipinski definition) is 4. The van der Waals surface area contributed by atoms with Crippen molar-refractivity contribution in [3.05, 3.63) is 30.3 Å². The Morgan fingerprint density at radius 1 is 1.00 bits per heavy atom. The SMILES string of the molecule is O=C(CN1C(=O)NC2(CCCC2)C1=O)N1CCN(c2ccccc2)CC1. The number of nitrogens with zero attached hydrogens (tertiary/aromatic N) is 3. The first-order valence-corrected chi connectivity index (χ1v) is 9.31. The molecule has 1 aliphatic carbocycles. The molecule has 138 valence electrons. The van der Waals surface area contributed by atoms with Gasteiger partial charge in [-0.05, 0) is 25.0 Å². The van der Waals surface area contributed by atoms with E-state index in [0.29, 0.717) is 25.9 Å². The van der Waals surface area contributed by atoms with E-state index in [4.69, 9.17) is 0 Å². The number of nitrogens with one attached hydrogen (secondary N) is 1. The van der Waals surface area contributed by atoms with Crippen LogP contribution in [0, 0.1) is 0 Å². The largest absolute Gasteiger partial charge is 0.368 e. The molecule has 1 N–H and O–H groups in total. The summed E-state index contributed by atoms with van der Waals surface area (Å²) in [5.74, 6) is -0.382. The van der Waals surface area contributed by atoms with E-state index in [1.807, 2.05) is 18.2 Å². The van der Waals surface area contributed by atoms with Gasteiger partial charge in [-0.25, -0.2) is 4.79 Å². The number of hydrogen-bond donors (Lipinski definition) is 1. The lowest BCUT2D eigenvalue weighted by Gasteiger charge is -2.36. The van der Waals surface area contributed by atoms with Gasteiger partial charge >= 0.3 is 6.03 Å². The molecular formula is C19H24N4O3. The molecule has 2 saturated heterocycles. The van der Waals surface area contributed by atoms with Crippen LogP contribution in [0.4, 0.5) is 10.5 Å². The van der Waals surface area contributed by atoms with Crippen molar-refractivity contribution in [2.24, 2.45) is 0 Å². The fourth-order valence-corrected chi connectivity index (χ4v) is 4.23. The first-order chi connectivity index (χ1) is 12.6. The summed E-state index contributed by atoms with van der Waals surface area (Å²) in [5.41, 5.74) is 0.403. The van der Waals surface area contributed by atoms with Crippen molar-refractivity contribution in [2.45, 2.75) is 31.2 Å². The number of rotatable bonds is 3. The average Bonchev–Trinajstić information content (AvgIpc) is 3.23. The Morgan fingerprint density at radius 2 is 1.65 bits per heavy atom. The smallest absolute Gasteiger partial charge is 0.325 e. The molecule has 3 fully saturated rings. The van der Waals surface area contributed by atoms with E-state index in [1.54, 1.807) is 4.90 Å². The van der Waals surface area contributed by atoms with Crippen LogP contribution in [0.1, 0.15) is 25.7 Å². The van der Waals surface area contributed by atoms with Gasteiger partial charge in [0, 0.05) is 31.9 Å². The van der Waals surface area contributed by atoms with Crippen LogP contribution in [0.3, 0.4) is 0 Å². The van der Waals surface area contributed by atoms with E-state index in [1.165, 1.54) is 0 Å². The minimum atomic E-state index is -0.747. The molecule has 2 heterocycles. The van der Waals surface area contributed by atoms with Gasteiger partial charge < -0.3 is 15.1 Å². The molecule has 26 heavy (non-hydrogen) atoms. The zero-order valence-corrected chi connectivity index (χ0v) is 14.8. The molecular weight excluding hydrogens is 332 g/mol. The predicted octanol–water partition coefficient (Wildman–Crippen LogP) is 1.20. The molecule has 4 rings (SSSR count). The van der Waals surface area contributed by atoms with Crippen molar-refractivity contribution in [3.8, 4) is 0 Å². The van der Waals surface area contributed by atoms with Gasteiger partial charge in [0.05, 0.1) is 0 Å². The van der Waals surface area contributed by atoms with Crippen LogP contribution >= 0.6 is 0 Å². The summed E-state index contributed by atoms with van der Waals surface area (Å²) in [4.78, 5) is 42.6. The first kappa shape index (κ1) is 16.9. The van der Waals surface area contributed by atoms with Crippen LogP contribution in [0.15, 0.2) is 30.3 Å². The van der Waals surface area contributed by atoms with Crippen LogP contribution in [-0.2, 0) is 9.59 Å². The van der Waals surface area contributed by atoms with Gasteiger partial charge in [0.2, 0.25) is 5.91 Å². The monoisotopic (exact) mass is 356 g/mol. The highest BCUT2D eigenvalue weighted by Crippen LogP contribution is 2.35. The molecule has 1 aromatic rings. The summed E-state index contributed by atoms with van der Waals surface area (Å²) in [6, 6.07) is 9.69. The van der Waals surface area contributed by atoms with Gasteiger partial charge in [-0.2, -0.15) is 0 Å². The van der Waals surface area contributed by atoms with Gasteiger partial charge in [-0.1, -0.05) is 31.0 Å². The second kappa shape index (κ2) is 6.63. The normalized spacial score (nSPS) is 22.2. The number of benzene rings is 1. The topological polar surface area (TPSA) is 73.0 Å². The molecule has 1 saturated carbocycles. The zero-order chi connectivity index (χ0) is 18.1. The van der Waals surface area contributed by atoms with Crippen LogP contribution in [0.25, 0.3) is 0 Å². The Bertz CT molecular complexity index is 707. The zero-order valence-electron chi connectivity index (χ0n) is 14.8. The molecule has 0 radical (unpaired) electrons. The second-order valence-electron chi connectivity index (χ2n) is 7.31. The van der Waals surface area contributed by atoms with Crippen LogP contribution in [0.5, 0.6) is 0 Å². The van der Waals surface area contributed by atoms with E-state index in [0.717, 1.165) is 36.5 Å². The highest BCUT2D eigenvalue weighted by atomic mass is 16.2. The minimum absolute atomic E-state index is 0.155. The number of para-hydroxylation sites is 1. The molecule has 0 atom stereocenters. The van der Waals surface area contributed by atoms with Crippen molar-refractivity contribution in [1.82, 2.24) is 15.1 Å². The van der Waals surface area contributed by atoms with Crippen molar-refractivity contribution in [2.75, 3.05) is 37.6 Å². The van der Waals surface area contributed by atoms with E-state index < -0.39 is 11.6 Å². The van der Waals surface area contributed by atoms with Gasteiger partial charge in [-0.3, -0.25) is 14.5 Å². The quantitative estimate of drug-likeness (QED) is 0.826. The molecule has 7 heteroatoms. The molecule has 1 aromatic carbocycles. The molecule has 4 amide bonds. The third kappa shape index (κ3) is 2.91. The maximum Gasteiger partial charge on any atom is 0.325 e. The minimum Gasteiger partial charge on any atom is -0.368 e. The highest BCUT2D eigenvalue weighted by Gasteiger charge is 2.52. The third-order valence-corrected chi connectivity index (χ3v) is 5.75. The number of anilines is 1. The van der Waals surface area contributed by atoms with Gasteiger partial charge in [-0.15, -0.1) is 0 Å². The fourth-order valence-electron chi connectivity index (χ4n) is 4.23. The Balaban J connectivity index is 1.34. The Morgan fingerprint density at radius 3 is 2.31 bits per heavy atom. The summed E-state index contributed by atoms with van der Waals surface area (Å²) in [6.07, 6.45) is 3.24. The second-order valence-corrected chi connectivity index (χ2v) is 7.31. The lowest BCUT2D eigenvalue weighted by Crippen LogP contribution is -2.52. The number of urea groups is 1. The summed E-state index contributed by atoms with van der Waals surface area (Å²) in [7, 11) is 0.